The highest BCUT2D eigenvalue weighted by atomic mass is 32.2. The Kier molecular flexibility index (Phi) is 4.54. The average molecular weight is 260 g/mol. The molecule has 1 saturated carbocycles. The Morgan fingerprint density at radius 3 is 2.78 bits per heavy atom. The van der Waals surface area contributed by atoms with E-state index < -0.39 is 0 Å². The van der Waals surface area contributed by atoms with Crippen LogP contribution in [-0.4, -0.2) is 12.3 Å². The minimum atomic E-state index is 0.517. The first-order chi connectivity index (χ1) is 8.76. The summed E-state index contributed by atoms with van der Waals surface area (Å²) in [6.45, 7) is 2.31. The predicted molar refractivity (Wildman–Crippen MR) is 78.0 cm³/mol. The number of hydrogen-bond acceptors (Lipinski definition) is 3. The molecular formula is C15H20N2S. The van der Waals surface area contributed by atoms with Crippen molar-refractivity contribution >= 4 is 17.4 Å². The Labute approximate surface area is 114 Å². The van der Waals surface area contributed by atoms with Crippen molar-refractivity contribution in [1.29, 1.82) is 5.26 Å². The van der Waals surface area contributed by atoms with E-state index in [0.717, 1.165) is 16.1 Å². The summed E-state index contributed by atoms with van der Waals surface area (Å²) in [5, 5.41) is 12.9. The molecule has 1 N–H and O–H groups in total. The Balaban J connectivity index is 2.20. The molecule has 1 fully saturated rings. The van der Waals surface area contributed by atoms with Crippen LogP contribution in [-0.2, 0) is 0 Å². The van der Waals surface area contributed by atoms with Gasteiger partial charge < -0.3 is 5.32 Å². The van der Waals surface area contributed by atoms with E-state index in [1.54, 1.807) is 11.8 Å². The lowest BCUT2D eigenvalue weighted by Gasteiger charge is -2.30. The average Bonchev–Trinajstić information content (AvgIpc) is 2.41. The topological polar surface area (TPSA) is 35.8 Å². The molecular weight excluding hydrogens is 240 g/mol. The standard InChI is InChI=1S/C15H20N2S/c1-11-6-3-4-7-13(11)17-14-8-5-9-15(18-2)12(14)10-16/h5,8-9,11,13,17H,3-4,6-7H2,1-2H3. The van der Waals surface area contributed by atoms with Crippen LogP contribution in [0.2, 0.25) is 0 Å². The van der Waals surface area contributed by atoms with Gasteiger partial charge in [0.25, 0.3) is 0 Å². The van der Waals surface area contributed by atoms with Gasteiger partial charge in [0, 0.05) is 10.9 Å². The third kappa shape index (κ3) is 2.81. The van der Waals surface area contributed by atoms with Crippen LogP contribution in [0.4, 0.5) is 5.69 Å². The molecule has 2 atom stereocenters. The number of thioether (sulfide) groups is 1. The molecule has 1 aliphatic carbocycles. The minimum Gasteiger partial charge on any atom is -0.381 e. The summed E-state index contributed by atoms with van der Waals surface area (Å²) >= 11 is 1.63. The van der Waals surface area contributed by atoms with Crippen LogP contribution in [0.15, 0.2) is 23.1 Å². The van der Waals surface area contributed by atoms with Gasteiger partial charge in [-0.2, -0.15) is 5.26 Å². The van der Waals surface area contributed by atoms with Crippen molar-refractivity contribution in [2.75, 3.05) is 11.6 Å². The molecule has 0 radical (unpaired) electrons. The number of rotatable bonds is 3. The first-order valence-corrected chi connectivity index (χ1v) is 7.82. The highest BCUT2D eigenvalue weighted by Gasteiger charge is 2.22. The minimum absolute atomic E-state index is 0.517. The lowest BCUT2D eigenvalue weighted by atomic mass is 9.85. The van der Waals surface area contributed by atoms with Crippen molar-refractivity contribution in [2.24, 2.45) is 5.92 Å². The van der Waals surface area contributed by atoms with E-state index in [0.29, 0.717) is 12.0 Å². The molecule has 0 aromatic heterocycles. The molecule has 2 nitrogen and oxygen atoms in total. The fourth-order valence-corrected chi connectivity index (χ4v) is 3.24. The molecule has 0 saturated heterocycles. The van der Waals surface area contributed by atoms with Crippen molar-refractivity contribution in [3.8, 4) is 6.07 Å². The van der Waals surface area contributed by atoms with Crippen LogP contribution < -0.4 is 5.32 Å². The van der Waals surface area contributed by atoms with Crippen molar-refractivity contribution < 1.29 is 0 Å². The van der Waals surface area contributed by atoms with Gasteiger partial charge in [-0.05, 0) is 37.1 Å². The molecule has 0 spiro atoms. The lowest BCUT2D eigenvalue weighted by molar-refractivity contribution is 0.349. The summed E-state index contributed by atoms with van der Waals surface area (Å²) in [6, 6.07) is 8.92. The van der Waals surface area contributed by atoms with E-state index in [9.17, 15) is 5.26 Å². The highest BCUT2D eigenvalue weighted by molar-refractivity contribution is 7.98. The van der Waals surface area contributed by atoms with E-state index in [1.807, 2.05) is 24.5 Å². The first-order valence-electron chi connectivity index (χ1n) is 6.60. The van der Waals surface area contributed by atoms with Gasteiger partial charge in [0.05, 0.1) is 11.3 Å². The van der Waals surface area contributed by atoms with Gasteiger partial charge in [-0.15, -0.1) is 11.8 Å². The Morgan fingerprint density at radius 1 is 1.33 bits per heavy atom. The Bertz CT molecular complexity index is 450. The molecule has 18 heavy (non-hydrogen) atoms. The third-order valence-electron chi connectivity index (χ3n) is 3.81. The summed E-state index contributed by atoms with van der Waals surface area (Å²) in [6.07, 6.45) is 7.17. The zero-order valence-electron chi connectivity index (χ0n) is 11.1. The number of nitrogens with zero attached hydrogens (tertiary/aromatic N) is 1. The van der Waals surface area contributed by atoms with Crippen LogP contribution in [0.1, 0.15) is 38.2 Å². The van der Waals surface area contributed by atoms with Gasteiger partial charge in [-0.1, -0.05) is 25.8 Å². The van der Waals surface area contributed by atoms with Gasteiger partial charge in [0.1, 0.15) is 6.07 Å². The number of benzene rings is 1. The van der Waals surface area contributed by atoms with Crippen molar-refractivity contribution in [1.82, 2.24) is 0 Å². The zero-order valence-corrected chi connectivity index (χ0v) is 11.9. The van der Waals surface area contributed by atoms with Crippen LogP contribution in [0.25, 0.3) is 0 Å². The molecule has 0 amide bonds. The normalized spacial score (nSPS) is 23.4. The summed E-state index contributed by atoms with van der Waals surface area (Å²) in [7, 11) is 0. The maximum atomic E-state index is 9.32. The van der Waals surface area contributed by atoms with Crippen molar-refractivity contribution in [3.63, 3.8) is 0 Å². The van der Waals surface area contributed by atoms with E-state index in [-0.39, 0.29) is 0 Å². The zero-order chi connectivity index (χ0) is 13.0. The third-order valence-corrected chi connectivity index (χ3v) is 4.59. The summed E-state index contributed by atoms with van der Waals surface area (Å²) in [5.41, 5.74) is 1.80. The van der Waals surface area contributed by atoms with E-state index in [4.69, 9.17) is 0 Å². The Morgan fingerprint density at radius 2 is 2.11 bits per heavy atom. The highest BCUT2D eigenvalue weighted by Crippen LogP contribution is 2.31. The van der Waals surface area contributed by atoms with Crippen LogP contribution >= 0.6 is 11.8 Å². The smallest absolute Gasteiger partial charge is 0.102 e. The van der Waals surface area contributed by atoms with Crippen LogP contribution in [0, 0.1) is 17.2 Å². The molecule has 1 aromatic rings. The second-order valence-corrected chi connectivity index (χ2v) is 5.86. The fourth-order valence-electron chi connectivity index (χ4n) is 2.67. The number of anilines is 1. The molecule has 1 aliphatic rings. The van der Waals surface area contributed by atoms with E-state index >= 15 is 0 Å². The SMILES string of the molecule is CSc1cccc(NC2CCCCC2C)c1C#N. The van der Waals surface area contributed by atoms with Crippen molar-refractivity contribution in [2.45, 2.75) is 43.5 Å². The molecule has 0 aliphatic heterocycles. The Hall–Kier alpha value is -1.14. The quantitative estimate of drug-likeness (QED) is 0.824. The predicted octanol–water partition coefficient (Wildman–Crippen LogP) is 4.27. The second kappa shape index (κ2) is 6.15. The van der Waals surface area contributed by atoms with E-state index in [2.05, 4.69) is 18.3 Å². The molecule has 1 aromatic carbocycles. The number of hydrogen-bond donors (Lipinski definition) is 1. The molecule has 0 bridgehead atoms. The monoisotopic (exact) mass is 260 g/mol. The first kappa shape index (κ1) is 13.3. The molecule has 0 heterocycles. The number of nitrogens with one attached hydrogen (secondary N) is 1. The second-order valence-electron chi connectivity index (χ2n) is 5.01. The van der Waals surface area contributed by atoms with Crippen LogP contribution in [0.5, 0.6) is 0 Å². The fraction of sp³-hybridized carbons (Fsp3) is 0.533. The number of nitriles is 1. The lowest BCUT2D eigenvalue weighted by Crippen LogP contribution is -2.30. The molecule has 2 unspecified atom stereocenters. The van der Waals surface area contributed by atoms with Crippen LogP contribution in [0.3, 0.4) is 0 Å². The maximum absolute atomic E-state index is 9.32. The maximum Gasteiger partial charge on any atom is 0.102 e. The summed E-state index contributed by atoms with van der Waals surface area (Å²) in [5.74, 6) is 0.697. The molecule has 3 heteroatoms. The van der Waals surface area contributed by atoms with E-state index in [1.165, 1.54) is 25.7 Å². The van der Waals surface area contributed by atoms with Gasteiger partial charge in [0.15, 0.2) is 0 Å². The van der Waals surface area contributed by atoms with Gasteiger partial charge in [-0.3, -0.25) is 0 Å². The largest absolute Gasteiger partial charge is 0.381 e. The molecule has 96 valence electrons. The van der Waals surface area contributed by atoms with Gasteiger partial charge in [-0.25, -0.2) is 0 Å². The molecule has 2 rings (SSSR count). The van der Waals surface area contributed by atoms with Gasteiger partial charge in [0.2, 0.25) is 0 Å². The summed E-state index contributed by atoms with van der Waals surface area (Å²) in [4.78, 5) is 1.06. The van der Waals surface area contributed by atoms with Gasteiger partial charge >= 0.3 is 0 Å². The van der Waals surface area contributed by atoms with Crippen molar-refractivity contribution in [3.05, 3.63) is 23.8 Å². The summed E-state index contributed by atoms with van der Waals surface area (Å²) < 4.78 is 0.